The number of benzene rings is 2. The lowest BCUT2D eigenvalue weighted by molar-refractivity contribution is -0.870. The fourth-order valence-electron chi connectivity index (χ4n) is 2.35. The lowest BCUT2D eigenvalue weighted by Crippen LogP contribution is -2.36. The molecular weight excluding hydrogens is 415 g/mol. The van der Waals surface area contributed by atoms with Crippen LogP contribution in [0.2, 0.25) is 10.0 Å². The van der Waals surface area contributed by atoms with Crippen molar-refractivity contribution in [1.82, 2.24) is 0 Å². The number of carbonyl (C=O) groups excluding carboxylic acids is 1. The van der Waals surface area contributed by atoms with Crippen LogP contribution < -0.4 is 10.4 Å². The minimum absolute atomic E-state index is 0. The molecule has 0 spiro atoms. The number of quaternary nitrogens is 1. The van der Waals surface area contributed by atoms with E-state index in [1.165, 1.54) is 0 Å². The third-order valence-corrected chi connectivity index (χ3v) is 4.85. The van der Waals surface area contributed by atoms with Gasteiger partial charge in [-0.2, -0.15) is 0 Å². The first kappa shape index (κ1) is 27.2. The zero-order valence-corrected chi connectivity index (χ0v) is 19.0. The topological polar surface area (TPSA) is 104 Å². The Morgan fingerprint density at radius 1 is 1.10 bits per heavy atom. The van der Waals surface area contributed by atoms with E-state index in [0.29, 0.717) is 27.0 Å². The van der Waals surface area contributed by atoms with E-state index in [-0.39, 0.29) is 18.5 Å². The van der Waals surface area contributed by atoms with Crippen molar-refractivity contribution in [2.24, 2.45) is 0 Å². The van der Waals surface area contributed by atoms with E-state index in [9.17, 15) is 9.90 Å². The molecule has 6 nitrogen and oxygen atoms in total. The molecule has 2 rings (SSSR count). The van der Waals surface area contributed by atoms with Crippen LogP contribution in [-0.4, -0.2) is 55.3 Å². The van der Waals surface area contributed by atoms with Gasteiger partial charge in [-0.3, -0.25) is 0 Å². The average Bonchev–Trinajstić information content (AvgIpc) is 2.56. The molecule has 162 valence electrons. The molecule has 0 radical (unpaired) electrons. The van der Waals surface area contributed by atoms with Crippen LogP contribution in [0.4, 0.5) is 11.4 Å². The Kier molecular flexibility index (Phi) is 11.2. The summed E-state index contributed by atoms with van der Waals surface area (Å²) in [5, 5.41) is 23.5. The van der Waals surface area contributed by atoms with Crippen LogP contribution >= 0.6 is 23.2 Å². The van der Waals surface area contributed by atoms with Crippen LogP contribution in [-0.2, 0) is 11.2 Å². The van der Waals surface area contributed by atoms with Gasteiger partial charge in [-0.15, -0.1) is 0 Å². The number of rotatable bonds is 6. The lowest BCUT2D eigenvalue weighted by Gasteiger charge is -2.21. The highest BCUT2D eigenvalue weighted by molar-refractivity contribution is 6.37. The molecule has 0 bridgehead atoms. The predicted molar refractivity (Wildman–Crippen MR) is 118 cm³/mol. The van der Waals surface area contributed by atoms with Gasteiger partial charge in [0, 0.05) is 23.1 Å². The largest absolute Gasteiger partial charge is 0.550 e. The number of likely N-dealkylation sites (N-methyl/N-ethyl adjacent to an activating group) is 1. The molecule has 8 heteroatoms. The van der Waals surface area contributed by atoms with E-state index in [4.69, 9.17) is 28.3 Å². The van der Waals surface area contributed by atoms with Gasteiger partial charge in [0.2, 0.25) is 0 Å². The van der Waals surface area contributed by atoms with E-state index in [2.05, 4.69) is 26.5 Å². The molecule has 4 N–H and O–H groups in total. The number of hydrogen-bond acceptors (Lipinski definition) is 4. The van der Waals surface area contributed by atoms with Gasteiger partial charge in [0.15, 0.2) is 0 Å². The van der Waals surface area contributed by atoms with Crippen molar-refractivity contribution < 1.29 is 25.0 Å². The number of hydrogen-bond donors (Lipinski definition) is 2. The smallest absolute Gasteiger partial charge is 0.101 e. The van der Waals surface area contributed by atoms with Gasteiger partial charge in [-0.05, 0) is 43.2 Å². The number of carboxylic acid groups (broad SMARTS) is 1. The summed E-state index contributed by atoms with van der Waals surface area (Å²) < 4.78 is 0.844. The second-order valence-electron chi connectivity index (χ2n) is 7.61. The molecule has 29 heavy (non-hydrogen) atoms. The number of aliphatic hydroxyl groups is 1. The Bertz CT molecular complexity index is 821. The molecule has 0 saturated heterocycles. The Labute approximate surface area is 182 Å². The first-order valence-corrected chi connectivity index (χ1v) is 9.62. The molecule has 0 heterocycles. The number of carboxylic acids is 1. The zero-order chi connectivity index (χ0) is 21.5. The summed E-state index contributed by atoms with van der Waals surface area (Å²) in [7, 11) is 6.16. The molecule has 0 aliphatic rings. The number of aliphatic carboxylic acids is 1. The van der Waals surface area contributed by atoms with E-state index >= 15 is 0 Å². The maximum Gasteiger partial charge on any atom is 0.101 e. The monoisotopic (exact) mass is 444 g/mol. The highest BCUT2D eigenvalue weighted by Crippen LogP contribution is 2.33. The van der Waals surface area contributed by atoms with E-state index in [1.807, 2.05) is 32.0 Å². The Morgan fingerprint density at radius 3 is 2.17 bits per heavy atom. The first-order chi connectivity index (χ1) is 12.9. The van der Waals surface area contributed by atoms with Crippen molar-refractivity contribution in [2.45, 2.75) is 20.3 Å². The van der Waals surface area contributed by atoms with Crippen molar-refractivity contribution >= 4 is 40.5 Å². The SMILES string of the molecule is C[N+](C)(C)CCO.Cc1ccc(Nc2ccc(Cl)c(C)c2Cl)c(CC(=O)[O-])c1.O. The molecule has 0 saturated carbocycles. The molecular formula is C21H30Cl2N2O4. The third kappa shape index (κ3) is 9.47. The van der Waals surface area contributed by atoms with Crippen molar-refractivity contribution in [3.05, 3.63) is 57.1 Å². The van der Waals surface area contributed by atoms with E-state index < -0.39 is 5.97 Å². The van der Waals surface area contributed by atoms with Crippen LogP contribution in [0, 0.1) is 13.8 Å². The fraction of sp³-hybridized carbons (Fsp3) is 0.381. The van der Waals surface area contributed by atoms with Gasteiger partial charge in [0.25, 0.3) is 0 Å². The highest BCUT2D eigenvalue weighted by atomic mass is 35.5. The lowest BCUT2D eigenvalue weighted by atomic mass is 10.1. The molecule has 0 aliphatic heterocycles. The number of nitrogens with zero attached hydrogens (tertiary/aromatic N) is 1. The molecule has 2 aromatic rings. The number of halogens is 2. The standard InChI is InChI=1S/C16H15Cl2NO2.C5H14NO.H2O/c1-9-3-5-13(11(7-9)8-15(20)21)19-14-6-4-12(17)10(2)16(14)18;1-6(2,3)4-5-7;/h3-7,19H,8H2,1-2H3,(H,20,21);7H,4-5H2,1-3H3;1H2/q;+1;/p-1. The van der Waals surface area contributed by atoms with Crippen LogP contribution in [0.25, 0.3) is 0 Å². The van der Waals surface area contributed by atoms with E-state index in [0.717, 1.165) is 22.2 Å². The number of carbonyl (C=O) groups is 1. The summed E-state index contributed by atoms with van der Waals surface area (Å²) >= 11 is 12.3. The Balaban J connectivity index is 0.000000846. The summed E-state index contributed by atoms with van der Waals surface area (Å²) in [5.41, 5.74) is 3.78. The van der Waals surface area contributed by atoms with Crippen molar-refractivity contribution in [1.29, 1.82) is 0 Å². The normalized spacial score (nSPS) is 10.5. The van der Waals surface area contributed by atoms with Crippen molar-refractivity contribution in [3.63, 3.8) is 0 Å². The second-order valence-corrected chi connectivity index (χ2v) is 8.39. The average molecular weight is 445 g/mol. The summed E-state index contributed by atoms with van der Waals surface area (Å²) in [5.74, 6) is -1.12. The van der Waals surface area contributed by atoms with Crippen LogP contribution in [0.5, 0.6) is 0 Å². The molecule has 0 amide bonds. The molecule has 0 aromatic heterocycles. The molecule has 0 unspecified atom stereocenters. The second kappa shape index (κ2) is 12.0. The predicted octanol–water partition coefficient (Wildman–Crippen LogP) is 2.51. The summed E-state index contributed by atoms with van der Waals surface area (Å²) in [6.45, 7) is 4.85. The summed E-state index contributed by atoms with van der Waals surface area (Å²) in [6.07, 6.45) is -0.159. The quantitative estimate of drug-likeness (QED) is 0.667. The van der Waals surface area contributed by atoms with Gasteiger partial charge in [0.05, 0.1) is 38.5 Å². The Morgan fingerprint density at radius 2 is 1.69 bits per heavy atom. The van der Waals surface area contributed by atoms with Crippen LogP contribution in [0.1, 0.15) is 16.7 Å². The maximum absolute atomic E-state index is 10.9. The molecule has 0 atom stereocenters. The van der Waals surface area contributed by atoms with Crippen molar-refractivity contribution in [3.8, 4) is 0 Å². The van der Waals surface area contributed by atoms with Gasteiger partial charge >= 0.3 is 0 Å². The van der Waals surface area contributed by atoms with Gasteiger partial charge in [-0.1, -0.05) is 40.9 Å². The fourth-order valence-corrected chi connectivity index (χ4v) is 2.77. The van der Waals surface area contributed by atoms with Gasteiger partial charge in [-0.25, -0.2) is 0 Å². The summed E-state index contributed by atoms with van der Waals surface area (Å²) in [4.78, 5) is 10.9. The number of aliphatic hydroxyl groups excluding tert-OH is 1. The van der Waals surface area contributed by atoms with Crippen LogP contribution in [0.3, 0.4) is 0 Å². The third-order valence-electron chi connectivity index (χ3n) is 3.96. The molecule has 0 aliphatic carbocycles. The summed E-state index contributed by atoms with van der Waals surface area (Å²) in [6, 6.07) is 9.05. The van der Waals surface area contributed by atoms with Crippen molar-refractivity contribution in [2.75, 3.05) is 39.6 Å². The number of anilines is 2. The van der Waals surface area contributed by atoms with Crippen LogP contribution in [0.15, 0.2) is 30.3 Å². The van der Waals surface area contributed by atoms with E-state index in [1.54, 1.807) is 12.1 Å². The first-order valence-electron chi connectivity index (χ1n) is 8.87. The number of aryl methyl sites for hydroxylation is 1. The zero-order valence-electron chi connectivity index (χ0n) is 17.5. The van der Waals surface area contributed by atoms with Gasteiger partial charge in [0.1, 0.15) is 6.54 Å². The van der Waals surface area contributed by atoms with Gasteiger partial charge < -0.3 is 30.3 Å². The minimum Gasteiger partial charge on any atom is -0.550 e. The molecule has 2 aromatic carbocycles. The minimum atomic E-state index is -1.12. The maximum atomic E-state index is 10.9. The highest BCUT2D eigenvalue weighted by Gasteiger charge is 2.10. The Hall–Kier alpha value is -1.83. The molecule has 0 fully saturated rings. The number of nitrogens with one attached hydrogen (secondary N) is 1.